The van der Waals surface area contributed by atoms with Crippen LogP contribution in [0.15, 0.2) is 36.1 Å². The van der Waals surface area contributed by atoms with Gasteiger partial charge in [0.05, 0.1) is 6.42 Å². The molecule has 0 aliphatic carbocycles. The van der Waals surface area contributed by atoms with E-state index in [0.717, 1.165) is 41.2 Å². The number of rotatable bonds is 4. The molecule has 1 aliphatic rings. The van der Waals surface area contributed by atoms with Crippen molar-refractivity contribution in [1.29, 1.82) is 0 Å². The monoisotopic (exact) mass is 369 g/mol. The van der Waals surface area contributed by atoms with Crippen molar-refractivity contribution in [1.82, 2.24) is 19.9 Å². The molecular formula is C19H23N5OS. The maximum Gasteiger partial charge on any atom is 0.229 e. The van der Waals surface area contributed by atoms with Crippen LogP contribution >= 0.6 is 11.3 Å². The molecule has 1 unspecified atom stereocenters. The number of thiazole rings is 1. The average Bonchev–Trinajstić information content (AvgIpc) is 3.32. The van der Waals surface area contributed by atoms with Crippen LogP contribution in [-0.2, 0) is 11.2 Å². The van der Waals surface area contributed by atoms with Crippen molar-refractivity contribution in [3.63, 3.8) is 0 Å². The van der Waals surface area contributed by atoms with Gasteiger partial charge in [-0.05, 0) is 24.5 Å². The predicted octanol–water partition coefficient (Wildman–Crippen LogP) is 2.94. The van der Waals surface area contributed by atoms with E-state index in [1.807, 2.05) is 22.7 Å². The summed E-state index contributed by atoms with van der Waals surface area (Å²) in [7, 11) is 2.12. The third-order valence-electron chi connectivity index (χ3n) is 5.37. The molecule has 26 heavy (non-hydrogen) atoms. The number of hydrogen-bond donors (Lipinski definition) is 1. The maximum absolute atomic E-state index is 12.7. The zero-order chi connectivity index (χ0) is 18.1. The number of nitrogens with one attached hydrogen (secondary N) is 1. The molecule has 0 radical (unpaired) electrons. The number of nitrogens with zero attached hydrogens (tertiary/aromatic N) is 4. The van der Waals surface area contributed by atoms with Crippen molar-refractivity contribution in [3.8, 4) is 0 Å². The summed E-state index contributed by atoms with van der Waals surface area (Å²) in [6.07, 6.45) is 6.93. The molecule has 3 aromatic heterocycles. The number of carbonyl (C=O) groups is 1. The summed E-state index contributed by atoms with van der Waals surface area (Å²) >= 11 is 1.54. The largest absolute Gasteiger partial charge is 0.369 e. The van der Waals surface area contributed by atoms with Gasteiger partial charge in [-0.25, -0.2) is 9.97 Å². The zero-order valence-electron chi connectivity index (χ0n) is 15.1. The van der Waals surface area contributed by atoms with Crippen molar-refractivity contribution < 1.29 is 4.79 Å². The van der Waals surface area contributed by atoms with E-state index in [2.05, 4.69) is 46.0 Å². The lowest BCUT2D eigenvalue weighted by Crippen LogP contribution is -2.53. The number of aromatic amines is 1. The summed E-state index contributed by atoms with van der Waals surface area (Å²) in [5, 5.41) is 3.93. The third kappa shape index (κ3) is 3.19. The summed E-state index contributed by atoms with van der Waals surface area (Å²) in [5.41, 5.74) is 2.05. The predicted molar refractivity (Wildman–Crippen MR) is 104 cm³/mol. The first-order chi connectivity index (χ1) is 12.6. The number of hydrogen-bond acceptors (Lipinski definition) is 5. The first kappa shape index (κ1) is 17.0. The SMILES string of the molecule is C[C@@H]1CCN(C(=O)Cc2nccs2)CC1N(C)c1ccnc2[nH]ccc12. The van der Waals surface area contributed by atoms with Gasteiger partial charge < -0.3 is 14.8 Å². The van der Waals surface area contributed by atoms with Gasteiger partial charge in [0.25, 0.3) is 0 Å². The molecule has 1 amide bonds. The molecule has 0 spiro atoms. The molecule has 136 valence electrons. The number of likely N-dealkylation sites (N-methyl/N-ethyl adjacent to an activating group) is 1. The summed E-state index contributed by atoms with van der Waals surface area (Å²) in [6, 6.07) is 4.40. The summed E-state index contributed by atoms with van der Waals surface area (Å²) in [6.45, 7) is 3.85. The Hall–Kier alpha value is -2.41. The van der Waals surface area contributed by atoms with E-state index >= 15 is 0 Å². The second-order valence-corrected chi connectivity index (χ2v) is 7.94. The van der Waals surface area contributed by atoms with Gasteiger partial charge in [0.1, 0.15) is 10.7 Å². The van der Waals surface area contributed by atoms with Gasteiger partial charge in [-0.1, -0.05) is 6.92 Å². The third-order valence-corrected chi connectivity index (χ3v) is 6.15. The Balaban J connectivity index is 1.53. The number of aromatic nitrogens is 3. The van der Waals surface area contributed by atoms with Crippen molar-refractivity contribution in [2.24, 2.45) is 5.92 Å². The van der Waals surface area contributed by atoms with Gasteiger partial charge in [-0.15, -0.1) is 11.3 Å². The van der Waals surface area contributed by atoms with Crippen molar-refractivity contribution in [2.45, 2.75) is 25.8 Å². The van der Waals surface area contributed by atoms with E-state index in [-0.39, 0.29) is 11.9 Å². The minimum Gasteiger partial charge on any atom is -0.369 e. The van der Waals surface area contributed by atoms with Gasteiger partial charge in [-0.3, -0.25) is 4.79 Å². The molecular weight excluding hydrogens is 346 g/mol. The first-order valence-electron chi connectivity index (χ1n) is 8.94. The highest BCUT2D eigenvalue weighted by Crippen LogP contribution is 2.30. The average molecular weight is 369 g/mol. The Labute approximate surface area is 156 Å². The minimum absolute atomic E-state index is 0.173. The van der Waals surface area contributed by atoms with Crippen molar-refractivity contribution >= 4 is 34.0 Å². The molecule has 4 heterocycles. The van der Waals surface area contributed by atoms with E-state index in [4.69, 9.17) is 0 Å². The maximum atomic E-state index is 12.7. The summed E-state index contributed by atoms with van der Waals surface area (Å²) < 4.78 is 0. The fourth-order valence-corrected chi connectivity index (χ4v) is 4.40. The molecule has 0 bridgehead atoms. The van der Waals surface area contributed by atoms with Gasteiger partial charge in [-0.2, -0.15) is 0 Å². The van der Waals surface area contributed by atoms with Crippen LogP contribution in [0.1, 0.15) is 18.4 Å². The number of pyridine rings is 1. The molecule has 6 nitrogen and oxygen atoms in total. The molecule has 4 rings (SSSR count). The molecule has 1 aliphatic heterocycles. The second-order valence-electron chi connectivity index (χ2n) is 6.96. The van der Waals surface area contributed by atoms with Crippen molar-refractivity contribution in [2.75, 3.05) is 25.0 Å². The van der Waals surface area contributed by atoms with Gasteiger partial charge in [0, 0.05) is 61.2 Å². The van der Waals surface area contributed by atoms with E-state index in [0.29, 0.717) is 12.3 Å². The molecule has 1 fully saturated rings. The van der Waals surface area contributed by atoms with E-state index in [1.165, 1.54) is 0 Å². The first-order valence-corrected chi connectivity index (χ1v) is 9.82. The minimum atomic E-state index is 0.173. The fourth-order valence-electron chi connectivity index (χ4n) is 3.79. The Kier molecular flexibility index (Phi) is 4.63. The molecule has 1 N–H and O–H groups in total. The van der Waals surface area contributed by atoms with Crippen LogP contribution in [0.5, 0.6) is 0 Å². The molecule has 7 heteroatoms. The standard InChI is InChI=1S/C19H23N5OS/c1-13-5-9-24(18(25)11-17-20-8-10-26-17)12-16(13)23(2)15-4-7-22-19-14(15)3-6-21-19/h3-4,6-8,10,13,16H,5,9,11-12H2,1-2H3,(H,21,22)/t13-,16?/m1/s1. The van der Waals surface area contributed by atoms with E-state index in [9.17, 15) is 4.79 Å². The van der Waals surface area contributed by atoms with E-state index in [1.54, 1.807) is 17.5 Å². The van der Waals surface area contributed by atoms with Crippen LogP contribution in [0.25, 0.3) is 11.0 Å². The summed E-state index contributed by atoms with van der Waals surface area (Å²) in [5.74, 6) is 0.692. The highest BCUT2D eigenvalue weighted by molar-refractivity contribution is 7.09. The Bertz CT molecular complexity index is 890. The lowest BCUT2D eigenvalue weighted by molar-refractivity contribution is -0.132. The Morgan fingerprint density at radius 2 is 2.27 bits per heavy atom. The topological polar surface area (TPSA) is 65.1 Å². The number of fused-ring (bicyclic) bond motifs is 1. The molecule has 3 aromatic rings. The molecule has 2 atom stereocenters. The van der Waals surface area contributed by atoms with Crippen molar-refractivity contribution in [3.05, 3.63) is 41.1 Å². The van der Waals surface area contributed by atoms with Gasteiger partial charge in [0.15, 0.2) is 0 Å². The van der Waals surface area contributed by atoms with Crippen LogP contribution in [0.2, 0.25) is 0 Å². The van der Waals surface area contributed by atoms with Gasteiger partial charge >= 0.3 is 0 Å². The lowest BCUT2D eigenvalue weighted by atomic mass is 9.91. The number of anilines is 1. The number of piperidine rings is 1. The van der Waals surface area contributed by atoms with Gasteiger partial charge in [0.2, 0.25) is 5.91 Å². The molecule has 0 aromatic carbocycles. The quantitative estimate of drug-likeness (QED) is 0.768. The van der Waals surface area contributed by atoms with Crippen LogP contribution in [0.3, 0.4) is 0 Å². The van der Waals surface area contributed by atoms with E-state index < -0.39 is 0 Å². The normalized spacial score (nSPS) is 20.5. The van der Waals surface area contributed by atoms with Crippen LogP contribution in [-0.4, -0.2) is 51.9 Å². The lowest BCUT2D eigenvalue weighted by Gasteiger charge is -2.42. The number of carbonyl (C=O) groups excluding carboxylic acids is 1. The fraction of sp³-hybridized carbons (Fsp3) is 0.421. The van der Waals surface area contributed by atoms with Crippen LogP contribution in [0.4, 0.5) is 5.69 Å². The summed E-state index contributed by atoms with van der Waals surface area (Å²) in [4.78, 5) is 28.8. The zero-order valence-corrected chi connectivity index (χ0v) is 15.9. The second kappa shape index (κ2) is 7.07. The molecule has 1 saturated heterocycles. The van der Waals surface area contributed by atoms with Crippen LogP contribution < -0.4 is 4.90 Å². The highest BCUT2D eigenvalue weighted by Gasteiger charge is 2.32. The number of amides is 1. The van der Waals surface area contributed by atoms with Crippen LogP contribution in [0, 0.1) is 5.92 Å². The number of H-pyrrole nitrogens is 1. The Morgan fingerprint density at radius 3 is 3.08 bits per heavy atom. The highest BCUT2D eigenvalue weighted by atomic mass is 32.1. The number of likely N-dealkylation sites (tertiary alicyclic amines) is 1. The Morgan fingerprint density at radius 1 is 1.38 bits per heavy atom. The molecule has 0 saturated carbocycles. The smallest absolute Gasteiger partial charge is 0.229 e.